The SMILES string of the molecule is CCCOCC(OC)C(CS(C)=O)S(C)=O. The molecule has 4 atom stereocenters. The highest BCUT2D eigenvalue weighted by Crippen LogP contribution is 2.08. The Balaban J connectivity index is 4.33. The highest BCUT2D eigenvalue weighted by molar-refractivity contribution is 7.88. The van der Waals surface area contributed by atoms with E-state index in [1.165, 1.54) is 0 Å². The third kappa shape index (κ3) is 6.73. The molecule has 16 heavy (non-hydrogen) atoms. The molecule has 0 aromatic carbocycles. The molecule has 0 saturated carbocycles. The summed E-state index contributed by atoms with van der Waals surface area (Å²) in [5.41, 5.74) is 0. The first-order valence-corrected chi connectivity index (χ1v) is 8.60. The minimum absolute atomic E-state index is 0.229. The van der Waals surface area contributed by atoms with E-state index < -0.39 is 21.6 Å². The molecule has 0 aromatic rings. The molecule has 0 amide bonds. The van der Waals surface area contributed by atoms with Crippen molar-refractivity contribution >= 4 is 21.6 Å². The van der Waals surface area contributed by atoms with Crippen molar-refractivity contribution in [3.8, 4) is 0 Å². The van der Waals surface area contributed by atoms with Gasteiger partial charge in [-0.15, -0.1) is 0 Å². The Morgan fingerprint density at radius 2 is 1.88 bits per heavy atom. The van der Waals surface area contributed by atoms with Crippen LogP contribution in [0.4, 0.5) is 0 Å². The molecule has 0 fully saturated rings. The second kappa shape index (κ2) is 9.27. The fourth-order valence-corrected chi connectivity index (χ4v) is 3.96. The summed E-state index contributed by atoms with van der Waals surface area (Å²) < 4.78 is 33.4. The van der Waals surface area contributed by atoms with Crippen LogP contribution in [0.15, 0.2) is 0 Å². The molecule has 4 nitrogen and oxygen atoms in total. The topological polar surface area (TPSA) is 52.6 Å². The molecule has 0 aromatic heterocycles. The molecule has 0 N–H and O–H groups in total. The van der Waals surface area contributed by atoms with Crippen LogP contribution in [-0.2, 0) is 31.1 Å². The molecule has 0 heterocycles. The molecule has 98 valence electrons. The third-order valence-corrected chi connectivity index (χ3v) is 4.54. The predicted octanol–water partition coefficient (Wildman–Crippen LogP) is 0.554. The number of ether oxygens (including phenoxy) is 2. The fraction of sp³-hybridized carbons (Fsp3) is 1.00. The Hall–Kier alpha value is 0.220. The van der Waals surface area contributed by atoms with E-state index in [1.807, 2.05) is 6.92 Å². The Morgan fingerprint density at radius 1 is 1.25 bits per heavy atom. The fourth-order valence-electron chi connectivity index (χ4n) is 1.32. The van der Waals surface area contributed by atoms with Gasteiger partial charge in [0.15, 0.2) is 0 Å². The van der Waals surface area contributed by atoms with Crippen LogP contribution in [0, 0.1) is 0 Å². The van der Waals surface area contributed by atoms with Gasteiger partial charge in [-0.05, 0) is 6.42 Å². The van der Waals surface area contributed by atoms with Crippen LogP contribution in [-0.4, -0.2) is 58.4 Å². The molecule has 0 bridgehead atoms. The lowest BCUT2D eigenvalue weighted by molar-refractivity contribution is 0.0100. The minimum Gasteiger partial charge on any atom is -0.379 e. The van der Waals surface area contributed by atoms with E-state index in [9.17, 15) is 8.42 Å². The van der Waals surface area contributed by atoms with Gasteiger partial charge in [0, 0.05) is 53.6 Å². The average molecular weight is 270 g/mol. The summed E-state index contributed by atoms with van der Waals surface area (Å²) in [6.07, 6.45) is 3.92. The van der Waals surface area contributed by atoms with Gasteiger partial charge in [-0.25, -0.2) is 0 Å². The zero-order chi connectivity index (χ0) is 12.6. The van der Waals surface area contributed by atoms with Gasteiger partial charge in [0.05, 0.1) is 18.0 Å². The van der Waals surface area contributed by atoms with E-state index in [0.29, 0.717) is 19.0 Å². The molecule has 4 unspecified atom stereocenters. The normalized spacial score (nSPS) is 19.0. The molecule has 6 heteroatoms. The Bertz CT molecular complexity index is 233. The summed E-state index contributed by atoms with van der Waals surface area (Å²) in [5, 5.41) is -0.229. The average Bonchev–Trinajstić information content (AvgIpc) is 2.21. The lowest BCUT2D eigenvalue weighted by Gasteiger charge is -2.23. The Morgan fingerprint density at radius 3 is 2.25 bits per heavy atom. The van der Waals surface area contributed by atoms with E-state index in [4.69, 9.17) is 9.47 Å². The van der Waals surface area contributed by atoms with Crippen molar-refractivity contribution in [2.45, 2.75) is 24.7 Å². The first kappa shape index (κ1) is 16.2. The van der Waals surface area contributed by atoms with E-state index in [-0.39, 0.29) is 11.4 Å². The summed E-state index contributed by atoms with van der Waals surface area (Å²) in [7, 11) is -0.464. The number of hydrogen-bond donors (Lipinski definition) is 0. The quantitative estimate of drug-likeness (QED) is 0.574. The minimum atomic E-state index is -1.06. The van der Waals surface area contributed by atoms with E-state index >= 15 is 0 Å². The molecule has 0 rings (SSSR count). The van der Waals surface area contributed by atoms with Crippen molar-refractivity contribution in [1.82, 2.24) is 0 Å². The lowest BCUT2D eigenvalue weighted by atomic mass is 10.3. The third-order valence-electron chi connectivity index (χ3n) is 2.17. The zero-order valence-electron chi connectivity index (χ0n) is 10.4. The summed E-state index contributed by atoms with van der Waals surface area (Å²) in [4.78, 5) is 0. The maximum atomic E-state index is 11.6. The number of rotatable bonds is 9. The maximum Gasteiger partial charge on any atom is 0.0956 e. The zero-order valence-corrected chi connectivity index (χ0v) is 12.1. The standard InChI is InChI=1S/C10H22O4S2/c1-5-6-14-7-9(13-2)10(16(4)12)8-15(3)11/h9-10H,5-8H2,1-4H3. The molecular formula is C10H22O4S2. The van der Waals surface area contributed by atoms with Crippen molar-refractivity contribution < 1.29 is 17.9 Å². The van der Waals surface area contributed by atoms with Gasteiger partial charge in [-0.3, -0.25) is 8.42 Å². The maximum absolute atomic E-state index is 11.6. The number of hydrogen-bond acceptors (Lipinski definition) is 4. The van der Waals surface area contributed by atoms with Crippen LogP contribution in [0.5, 0.6) is 0 Å². The van der Waals surface area contributed by atoms with Crippen LogP contribution in [0.2, 0.25) is 0 Å². The van der Waals surface area contributed by atoms with Crippen molar-refractivity contribution in [3.05, 3.63) is 0 Å². The molecule has 0 aliphatic carbocycles. The summed E-state index contributed by atoms with van der Waals surface area (Å²) in [6, 6.07) is 0. The molecule has 0 spiro atoms. The van der Waals surface area contributed by atoms with Crippen LogP contribution >= 0.6 is 0 Å². The summed E-state index contributed by atoms with van der Waals surface area (Å²) in [6.45, 7) is 3.10. The van der Waals surface area contributed by atoms with Gasteiger partial charge < -0.3 is 9.47 Å². The van der Waals surface area contributed by atoms with Crippen molar-refractivity contribution in [2.24, 2.45) is 0 Å². The second-order valence-corrected chi connectivity index (χ2v) is 6.71. The Labute approximate surface area is 103 Å². The largest absolute Gasteiger partial charge is 0.379 e. The van der Waals surface area contributed by atoms with Crippen LogP contribution < -0.4 is 0 Å². The monoisotopic (exact) mass is 270 g/mol. The lowest BCUT2D eigenvalue weighted by Crippen LogP contribution is -2.39. The van der Waals surface area contributed by atoms with Gasteiger partial charge in [0.1, 0.15) is 0 Å². The van der Waals surface area contributed by atoms with E-state index in [2.05, 4.69) is 0 Å². The number of methoxy groups -OCH3 is 1. The van der Waals surface area contributed by atoms with Gasteiger partial charge >= 0.3 is 0 Å². The van der Waals surface area contributed by atoms with Crippen molar-refractivity contribution in [3.63, 3.8) is 0 Å². The predicted molar refractivity (Wildman–Crippen MR) is 68.7 cm³/mol. The van der Waals surface area contributed by atoms with Gasteiger partial charge in [-0.2, -0.15) is 0 Å². The smallest absolute Gasteiger partial charge is 0.0956 e. The van der Waals surface area contributed by atoms with Crippen LogP contribution in [0.3, 0.4) is 0 Å². The molecule has 0 radical (unpaired) electrons. The van der Waals surface area contributed by atoms with E-state index in [0.717, 1.165) is 6.42 Å². The molecule has 0 aliphatic heterocycles. The van der Waals surface area contributed by atoms with Gasteiger partial charge in [0.2, 0.25) is 0 Å². The van der Waals surface area contributed by atoms with Gasteiger partial charge in [-0.1, -0.05) is 6.92 Å². The van der Waals surface area contributed by atoms with Crippen LogP contribution in [0.25, 0.3) is 0 Å². The molecular weight excluding hydrogens is 248 g/mol. The summed E-state index contributed by atoms with van der Waals surface area (Å²) >= 11 is 0. The molecule has 0 aliphatic rings. The van der Waals surface area contributed by atoms with Crippen molar-refractivity contribution in [1.29, 1.82) is 0 Å². The van der Waals surface area contributed by atoms with Crippen molar-refractivity contribution in [2.75, 3.05) is 38.6 Å². The van der Waals surface area contributed by atoms with E-state index in [1.54, 1.807) is 19.6 Å². The first-order chi connectivity index (χ1) is 7.52. The highest BCUT2D eigenvalue weighted by atomic mass is 32.2. The summed E-state index contributed by atoms with van der Waals surface area (Å²) in [5.74, 6) is 0.386. The van der Waals surface area contributed by atoms with Gasteiger partial charge in [0.25, 0.3) is 0 Å². The highest BCUT2D eigenvalue weighted by Gasteiger charge is 2.26. The first-order valence-electron chi connectivity index (χ1n) is 5.25. The molecule has 0 saturated heterocycles. The van der Waals surface area contributed by atoms with Crippen LogP contribution in [0.1, 0.15) is 13.3 Å². The Kier molecular flexibility index (Phi) is 9.40. The second-order valence-electron chi connectivity index (χ2n) is 3.63.